The number of fused-ring (bicyclic) bond motifs is 1. The van der Waals surface area contributed by atoms with E-state index in [4.69, 9.17) is 0 Å². The van der Waals surface area contributed by atoms with Gasteiger partial charge in [-0.1, -0.05) is 0 Å². The second-order valence-electron chi connectivity index (χ2n) is 9.10. The number of amides is 1. The van der Waals surface area contributed by atoms with E-state index in [1.807, 2.05) is 29.3 Å². The predicted molar refractivity (Wildman–Crippen MR) is 126 cm³/mol. The highest BCUT2D eigenvalue weighted by Crippen LogP contribution is 2.33. The summed E-state index contributed by atoms with van der Waals surface area (Å²) in [5.74, 6) is -0.238. The number of piperazine rings is 1. The summed E-state index contributed by atoms with van der Waals surface area (Å²) in [5, 5.41) is 19.6. The molecule has 2 aliphatic heterocycles. The average Bonchev–Trinajstić information content (AvgIpc) is 3.27. The topological polar surface area (TPSA) is 136 Å². The van der Waals surface area contributed by atoms with Gasteiger partial charge in [0.1, 0.15) is 6.04 Å². The Morgan fingerprint density at radius 2 is 2.00 bits per heavy atom. The van der Waals surface area contributed by atoms with Crippen LogP contribution in [-0.4, -0.2) is 102 Å². The molecule has 0 radical (unpaired) electrons. The maximum atomic E-state index is 12.5. The van der Waals surface area contributed by atoms with Crippen molar-refractivity contribution in [1.82, 2.24) is 28.9 Å². The molecule has 3 N–H and O–H groups in total. The van der Waals surface area contributed by atoms with Gasteiger partial charge in [-0.05, 0) is 55.6 Å². The molecular formula is C22H31N7O4S. The van der Waals surface area contributed by atoms with Gasteiger partial charge in [-0.2, -0.15) is 22.3 Å². The number of nitrogens with one attached hydrogen (secondary N) is 2. The van der Waals surface area contributed by atoms with E-state index >= 15 is 0 Å². The van der Waals surface area contributed by atoms with E-state index in [2.05, 4.69) is 16.0 Å². The van der Waals surface area contributed by atoms with Crippen LogP contribution in [0.3, 0.4) is 0 Å². The third kappa shape index (κ3) is 4.81. The van der Waals surface area contributed by atoms with Crippen molar-refractivity contribution in [2.75, 3.05) is 53.5 Å². The Kier molecular flexibility index (Phi) is 7.22. The van der Waals surface area contributed by atoms with Crippen LogP contribution in [0.25, 0.3) is 10.9 Å². The number of aromatic nitrogens is 1. The molecule has 2 saturated heterocycles. The van der Waals surface area contributed by atoms with E-state index in [9.17, 15) is 23.7 Å². The molecule has 3 heterocycles. The number of carbonyl (C=O) groups excluding carboxylic acids is 1. The van der Waals surface area contributed by atoms with E-state index in [0.29, 0.717) is 24.7 Å². The molecule has 1 aromatic heterocycles. The summed E-state index contributed by atoms with van der Waals surface area (Å²) in [6.07, 6.45) is 3.92. The lowest BCUT2D eigenvalue weighted by Gasteiger charge is -2.43. The van der Waals surface area contributed by atoms with Gasteiger partial charge in [-0.25, -0.2) is 5.48 Å². The Morgan fingerprint density at radius 1 is 1.26 bits per heavy atom. The van der Waals surface area contributed by atoms with Gasteiger partial charge in [0, 0.05) is 50.8 Å². The number of carbonyl (C=O) groups is 1. The zero-order valence-electron chi connectivity index (χ0n) is 19.4. The van der Waals surface area contributed by atoms with E-state index in [1.165, 1.54) is 24.0 Å². The minimum Gasteiger partial charge on any atom is -0.361 e. The Hall–Kier alpha value is -2.53. The first-order valence-corrected chi connectivity index (χ1v) is 12.7. The molecule has 1 unspecified atom stereocenters. The molecule has 0 aliphatic carbocycles. The Morgan fingerprint density at radius 3 is 2.65 bits per heavy atom. The minimum atomic E-state index is -3.64. The van der Waals surface area contributed by atoms with Gasteiger partial charge in [-0.15, -0.1) is 0 Å². The van der Waals surface area contributed by atoms with Gasteiger partial charge in [0.2, 0.25) is 0 Å². The SMILES string of the molecule is CN(C)S(=O)(=O)N1CCN(CN2CCC(c3c[nH]c4ccc(C#N)cc34)CC2)C(C(=O)NO)C1. The second kappa shape index (κ2) is 9.99. The van der Waals surface area contributed by atoms with Crippen molar-refractivity contribution in [3.05, 3.63) is 35.5 Å². The molecule has 0 bridgehead atoms. The van der Waals surface area contributed by atoms with Crippen LogP contribution in [0.1, 0.15) is 29.9 Å². The number of nitriles is 1. The lowest BCUT2D eigenvalue weighted by molar-refractivity contribution is -0.137. The molecule has 34 heavy (non-hydrogen) atoms. The molecule has 2 aliphatic rings. The first kappa shape index (κ1) is 24.6. The van der Waals surface area contributed by atoms with Crippen LogP contribution >= 0.6 is 0 Å². The summed E-state index contributed by atoms with van der Waals surface area (Å²) >= 11 is 0. The van der Waals surface area contributed by atoms with Crippen LogP contribution in [-0.2, 0) is 15.0 Å². The smallest absolute Gasteiger partial charge is 0.281 e. The van der Waals surface area contributed by atoms with Crippen molar-refractivity contribution in [3.8, 4) is 6.07 Å². The summed E-state index contributed by atoms with van der Waals surface area (Å²) in [6.45, 7) is 2.85. The fourth-order valence-electron chi connectivity index (χ4n) is 4.92. The monoisotopic (exact) mass is 489 g/mol. The van der Waals surface area contributed by atoms with Crippen LogP contribution in [0, 0.1) is 11.3 Å². The van der Waals surface area contributed by atoms with Gasteiger partial charge in [0.15, 0.2) is 0 Å². The first-order valence-electron chi connectivity index (χ1n) is 11.3. The zero-order chi connectivity index (χ0) is 24.5. The van der Waals surface area contributed by atoms with Crippen molar-refractivity contribution >= 4 is 27.0 Å². The van der Waals surface area contributed by atoms with Crippen LogP contribution < -0.4 is 5.48 Å². The van der Waals surface area contributed by atoms with E-state index in [1.54, 1.807) is 5.48 Å². The van der Waals surface area contributed by atoms with Crippen LogP contribution in [0.4, 0.5) is 0 Å². The molecule has 4 rings (SSSR count). The number of H-pyrrole nitrogens is 1. The molecule has 184 valence electrons. The predicted octanol–water partition coefficient (Wildman–Crippen LogP) is 0.474. The molecule has 1 atom stereocenters. The Labute approximate surface area is 199 Å². The van der Waals surface area contributed by atoms with Crippen molar-refractivity contribution in [3.63, 3.8) is 0 Å². The van der Waals surface area contributed by atoms with Gasteiger partial charge < -0.3 is 4.98 Å². The molecule has 2 fully saturated rings. The van der Waals surface area contributed by atoms with Crippen LogP contribution in [0.5, 0.6) is 0 Å². The molecule has 1 aromatic carbocycles. The molecular weight excluding hydrogens is 458 g/mol. The fraction of sp³-hybridized carbons (Fsp3) is 0.545. The highest BCUT2D eigenvalue weighted by molar-refractivity contribution is 7.86. The van der Waals surface area contributed by atoms with Crippen molar-refractivity contribution in [2.24, 2.45) is 0 Å². The maximum Gasteiger partial charge on any atom is 0.281 e. The highest BCUT2D eigenvalue weighted by Gasteiger charge is 2.39. The number of hydrogen-bond donors (Lipinski definition) is 3. The first-order chi connectivity index (χ1) is 16.2. The third-order valence-corrected chi connectivity index (χ3v) is 8.81. The molecule has 12 heteroatoms. The highest BCUT2D eigenvalue weighted by atomic mass is 32.2. The summed E-state index contributed by atoms with van der Waals surface area (Å²) < 4.78 is 27.5. The van der Waals surface area contributed by atoms with Crippen LogP contribution in [0.2, 0.25) is 0 Å². The largest absolute Gasteiger partial charge is 0.361 e. The number of benzene rings is 1. The number of hydroxylamine groups is 1. The normalized spacial score (nSPS) is 21.7. The van der Waals surface area contributed by atoms with Gasteiger partial charge in [0.25, 0.3) is 16.1 Å². The standard InChI is InChI=1S/C22H31N7O4S/c1-26(2)34(32,33)29-10-9-28(21(14-29)22(30)25-31)15-27-7-5-17(6-8-27)19-13-24-20-4-3-16(12-23)11-18(19)20/h3-4,11,13,17,21,24,31H,5-10,14-15H2,1-2H3,(H,25,30). The van der Waals surface area contributed by atoms with Gasteiger partial charge in [-0.3, -0.25) is 19.8 Å². The summed E-state index contributed by atoms with van der Waals surface area (Å²) in [5.41, 5.74) is 4.60. The van der Waals surface area contributed by atoms with Crippen molar-refractivity contribution in [2.45, 2.75) is 24.8 Å². The summed E-state index contributed by atoms with van der Waals surface area (Å²) in [4.78, 5) is 19.9. The molecule has 1 amide bonds. The Bertz CT molecular complexity index is 1180. The minimum absolute atomic E-state index is 0.0140. The molecule has 0 saturated carbocycles. The number of piperidine rings is 1. The number of aromatic amines is 1. The number of rotatable bonds is 6. The van der Waals surface area contributed by atoms with Gasteiger partial charge in [0.05, 0.1) is 18.3 Å². The quantitative estimate of drug-likeness (QED) is 0.396. The van der Waals surface area contributed by atoms with E-state index < -0.39 is 22.2 Å². The number of nitrogens with zero attached hydrogens (tertiary/aromatic N) is 5. The van der Waals surface area contributed by atoms with Crippen LogP contribution in [0.15, 0.2) is 24.4 Å². The lowest BCUT2D eigenvalue weighted by Crippen LogP contribution is -2.62. The average molecular weight is 490 g/mol. The molecule has 0 spiro atoms. The number of hydrogen-bond acceptors (Lipinski definition) is 7. The maximum absolute atomic E-state index is 12.5. The van der Waals surface area contributed by atoms with E-state index in [-0.39, 0.29) is 13.1 Å². The summed E-state index contributed by atoms with van der Waals surface area (Å²) in [6, 6.07) is 7.12. The van der Waals surface area contributed by atoms with Crippen molar-refractivity contribution < 1.29 is 18.4 Å². The van der Waals surface area contributed by atoms with Crippen molar-refractivity contribution in [1.29, 1.82) is 5.26 Å². The summed E-state index contributed by atoms with van der Waals surface area (Å²) in [7, 11) is -0.725. The molecule has 2 aromatic rings. The lowest BCUT2D eigenvalue weighted by atomic mass is 9.89. The zero-order valence-corrected chi connectivity index (χ0v) is 20.3. The van der Waals surface area contributed by atoms with Gasteiger partial charge >= 0.3 is 0 Å². The third-order valence-electron chi connectivity index (χ3n) is 6.91. The second-order valence-corrected chi connectivity index (χ2v) is 11.2. The fourth-order valence-corrected chi connectivity index (χ4v) is 6.02. The Balaban J connectivity index is 1.40. The number of likely N-dealkylation sites (tertiary alicyclic amines) is 1. The van der Waals surface area contributed by atoms with E-state index in [0.717, 1.165) is 41.1 Å². The molecule has 11 nitrogen and oxygen atoms in total.